The molecule has 23 heteroatoms. The number of ether oxygens (including phenoxy) is 3. The molecule has 20 nitrogen and oxygen atoms in total. The van der Waals surface area contributed by atoms with Gasteiger partial charge < -0.3 is 45.6 Å². The number of nitrogens with zero attached hydrogens (tertiary/aromatic N) is 8. The molecule has 3 amide bonds. The van der Waals surface area contributed by atoms with Crippen molar-refractivity contribution in [2.45, 2.75) is 51.5 Å². The smallest absolute Gasteiger partial charge is 0.431 e. The van der Waals surface area contributed by atoms with Crippen LogP contribution in [0.25, 0.3) is 0 Å². The highest BCUT2D eigenvalue weighted by atomic mass is 32.2. The lowest BCUT2D eigenvalue weighted by Gasteiger charge is -2.49. The number of anilines is 1. The van der Waals surface area contributed by atoms with Crippen LogP contribution in [-0.4, -0.2) is 134 Å². The number of guanidine groups is 1. The Morgan fingerprint density at radius 3 is 2.43 bits per heavy atom. The number of rotatable bonds is 11. The molecule has 3 aliphatic rings. The summed E-state index contributed by atoms with van der Waals surface area (Å²) in [5, 5.41) is 13.1. The second-order valence-corrected chi connectivity index (χ2v) is 12.5. The topological polar surface area (TPSA) is 259 Å². The van der Waals surface area contributed by atoms with E-state index in [0.717, 1.165) is 16.4 Å². The fourth-order valence-corrected chi connectivity index (χ4v) is 6.33. The van der Waals surface area contributed by atoms with Gasteiger partial charge in [0.1, 0.15) is 17.1 Å². The van der Waals surface area contributed by atoms with E-state index in [1.165, 1.54) is 31.8 Å². The van der Waals surface area contributed by atoms with Crippen LogP contribution in [0.5, 0.6) is 0 Å². The summed E-state index contributed by atoms with van der Waals surface area (Å²) in [5.41, 5.74) is 11.1. The van der Waals surface area contributed by atoms with Crippen molar-refractivity contribution in [1.82, 2.24) is 29.4 Å². The van der Waals surface area contributed by atoms with E-state index in [9.17, 15) is 28.4 Å². The van der Waals surface area contributed by atoms with Gasteiger partial charge >= 0.3 is 12.1 Å². The van der Waals surface area contributed by atoms with Gasteiger partial charge in [0.15, 0.2) is 5.13 Å². The number of carbonyl (C=O) groups excluding carboxylic acids is 5. The lowest BCUT2D eigenvalue weighted by molar-refractivity contribution is -0.169. The predicted octanol–water partition coefficient (Wildman–Crippen LogP) is -0.663. The van der Waals surface area contributed by atoms with Gasteiger partial charge in [-0.1, -0.05) is 5.16 Å². The molecule has 1 aromatic rings. The zero-order valence-electron chi connectivity index (χ0n) is 26.7. The number of carbonyl (C=O) groups is 5. The van der Waals surface area contributed by atoms with Crippen LogP contribution >= 0.6 is 23.3 Å². The summed E-state index contributed by atoms with van der Waals surface area (Å²) < 4.78 is 31.8. The molecule has 0 bridgehead atoms. The number of nitrogen functional groups attached to an aromatic ring is 1. The Kier molecular flexibility index (Phi) is 12.3. The number of thioether (sulfide) groups is 1. The molecule has 5 N–H and O–H groups in total. The van der Waals surface area contributed by atoms with Crippen molar-refractivity contribution >= 4 is 76.2 Å². The van der Waals surface area contributed by atoms with Crippen molar-refractivity contribution in [1.29, 1.82) is 0 Å². The van der Waals surface area contributed by atoms with E-state index in [1.807, 2.05) is 0 Å². The van der Waals surface area contributed by atoms with Crippen LogP contribution in [0.15, 0.2) is 26.6 Å². The summed E-state index contributed by atoms with van der Waals surface area (Å²) in [5.74, 6) is -2.88. The molecule has 2 fully saturated rings. The Labute approximate surface area is 286 Å². The first kappa shape index (κ1) is 36.8. The Balaban J connectivity index is 1.54. The number of oxime groups is 1. The fourth-order valence-electron chi connectivity index (χ4n) is 4.60. The SMILES string of the molecule is CC(=O)N1CCN(C(N)=NN=CC2=C(C(=O)OC(C)OC(=O)OC(C)C)N3C(=O)C(NC(=O)C(=NOCF)c4nsc(N)n4)[C@H]3SC2)CC1. The molecule has 3 aliphatic heterocycles. The van der Waals surface area contributed by atoms with Gasteiger partial charge in [-0.15, -0.1) is 16.9 Å². The molecule has 1 aromatic heterocycles. The molecule has 2 saturated heterocycles. The second-order valence-electron chi connectivity index (χ2n) is 10.6. The highest BCUT2D eigenvalue weighted by Gasteiger charge is 2.55. The van der Waals surface area contributed by atoms with Crippen molar-refractivity contribution in [2.24, 2.45) is 21.1 Å². The Bertz CT molecular complexity index is 1580. The molecular formula is C26H34FN11O9S2. The van der Waals surface area contributed by atoms with Crippen LogP contribution < -0.4 is 16.8 Å². The highest BCUT2D eigenvalue weighted by molar-refractivity contribution is 8.00. The van der Waals surface area contributed by atoms with E-state index in [1.54, 1.807) is 23.6 Å². The molecule has 0 saturated carbocycles. The van der Waals surface area contributed by atoms with Gasteiger partial charge in [0.2, 0.25) is 29.7 Å². The molecule has 4 heterocycles. The number of β-lactam (4-membered cyclic amide) rings is 1. The number of hydrogen-bond donors (Lipinski definition) is 3. The molecule has 4 rings (SSSR count). The maximum atomic E-state index is 13.5. The number of hydrogen-bond acceptors (Lipinski definition) is 17. The van der Waals surface area contributed by atoms with Crippen molar-refractivity contribution < 1.29 is 47.4 Å². The molecule has 0 radical (unpaired) electrons. The minimum absolute atomic E-state index is 0.00397. The van der Waals surface area contributed by atoms with E-state index < -0.39 is 60.3 Å². The Morgan fingerprint density at radius 2 is 1.82 bits per heavy atom. The minimum atomic E-state index is -1.42. The van der Waals surface area contributed by atoms with Gasteiger partial charge in [-0.05, 0) is 13.8 Å². The lowest BCUT2D eigenvalue weighted by atomic mass is 10.0. The minimum Gasteiger partial charge on any atom is -0.431 e. The van der Waals surface area contributed by atoms with Crippen molar-refractivity contribution in [3.8, 4) is 0 Å². The van der Waals surface area contributed by atoms with E-state index in [2.05, 4.69) is 34.9 Å². The third kappa shape index (κ3) is 9.10. The number of fused-ring (bicyclic) bond motifs is 1. The van der Waals surface area contributed by atoms with Gasteiger partial charge in [0.05, 0.1) is 12.3 Å². The summed E-state index contributed by atoms with van der Waals surface area (Å²) >= 11 is 1.93. The highest BCUT2D eigenvalue weighted by Crippen LogP contribution is 2.40. The number of nitrogens with two attached hydrogens (primary N) is 2. The molecule has 2 unspecified atom stereocenters. The van der Waals surface area contributed by atoms with Crippen LogP contribution in [0.3, 0.4) is 0 Å². The van der Waals surface area contributed by atoms with E-state index in [4.69, 9.17) is 25.7 Å². The summed E-state index contributed by atoms with van der Waals surface area (Å²) in [6.45, 7) is 6.40. The molecule has 0 aromatic carbocycles. The largest absolute Gasteiger partial charge is 0.511 e. The van der Waals surface area contributed by atoms with Gasteiger partial charge in [0, 0.05) is 62.9 Å². The first-order valence-electron chi connectivity index (χ1n) is 14.6. The number of halogens is 1. The zero-order chi connectivity index (χ0) is 35.8. The number of alkyl halides is 1. The molecule has 266 valence electrons. The fraction of sp³-hybridized carbons (Fsp3) is 0.538. The lowest BCUT2D eigenvalue weighted by Crippen LogP contribution is -2.71. The number of esters is 1. The molecule has 0 spiro atoms. The summed E-state index contributed by atoms with van der Waals surface area (Å²) in [7, 11) is 0. The average molecular weight is 728 g/mol. The normalized spacial score (nSPS) is 20.5. The van der Waals surface area contributed by atoms with E-state index in [0.29, 0.717) is 26.2 Å². The van der Waals surface area contributed by atoms with Crippen LogP contribution in [0.2, 0.25) is 0 Å². The summed E-state index contributed by atoms with van der Waals surface area (Å²) in [6.07, 6.45) is -1.76. The third-order valence-corrected chi connectivity index (χ3v) is 8.69. The maximum absolute atomic E-state index is 13.5. The van der Waals surface area contributed by atoms with Gasteiger partial charge in [-0.3, -0.25) is 19.3 Å². The van der Waals surface area contributed by atoms with Gasteiger partial charge in [0.25, 0.3) is 18.7 Å². The zero-order valence-corrected chi connectivity index (χ0v) is 28.4. The molecule has 0 aliphatic carbocycles. The molecule has 3 atom stereocenters. The summed E-state index contributed by atoms with van der Waals surface area (Å²) in [6, 6.07) is -1.18. The average Bonchev–Trinajstić information content (AvgIpc) is 3.48. The van der Waals surface area contributed by atoms with E-state index in [-0.39, 0.29) is 39.8 Å². The third-order valence-electron chi connectivity index (χ3n) is 6.84. The quantitative estimate of drug-likeness (QED) is 0.0638. The number of amides is 3. The summed E-state index contributed by atoms with van der Waals surface area (Å²) in [4.78, 5) is 76.3. The first-order chi connectivity index (χ1) is 23.3. The van der Waals surface area contributed by atoms with E-state index >= 15 is 0 Å². The predicted molar refractivity (Wildman–Crippen MR) is 172 cm³/mol. The number of piperazine rings is 1. The van der Waals surface area contributed by atoms with Crippen LogP contribution in [0, 0.1) is 0 Å². The van der Waals surface area contributed by atoms with Crippen LogP contribution in [0.1, 0.15) is 33.5 Å². The number of aromatic nitrogens is 2. The Hall–Kier alpha value is -5.06. The van der Waals surface area contributed by atoms with Crippen molar-refractivity contribution in [3.63, 3.8) is 0 Å². The Morgan fingerprint density at radius 1 is 1.12 bits per heavy atom. The maximum Gasteiger partial charge on any atom is 0.511 e. The van der Waals surface area contributed by atoms with Crippen molar-refractivity contribution in [3.05, 3.63) is 17.1 Å². The molecule has 49 heavy (non-hydrogen) atoms. The van der Waals surface area contributed by atoms with Gasteiger partial charge in [-0.25, -0.2) is 14.0 Å². The standard InChI is InChI=1S/C26H34FN11O9S2/c1-12(2)45-26(43)47-14(4)46-23(42)18-15(9-30-33-24(28)37-7-5-36(6-8-37)13(3)39)10-48-22-17(21(41)38(18)22)31-20(40)16(34-44-11-27)19-32-25(29)49-35-19/h9,12,14,17,22H,5-8,10-11H2,1-4H3,(H2,28,33)(H,31,40)(H2,29,32,35)/t14?,17?,22-/m1/s1. The number of nitrogens with one attached hydrogen (secondary N) is 1. The van der Waals surface area contributed by atoms with Gasteiger partial charge in [-0.2, -0.15) is 14.5 Å². The second kappa shape index (κ2) is 16.4. The van der Waals surface area contributed by atoms with Crippen LogP contribution in [-0.2, 0) is 38.2 Å². The first-order valence-corrected chi connectivity index (χ1v) is 16.4. The van der Waals surface area contributed by atoms with Crippen molar-refractivity contribution in [2.75, 3.05) is 44.5 Å². The van der Waals surface area contributed by atoms with Crippen LogP contribution in [0.4, 0.5) is 14.3 Å². The monoisotopic (exact) mass is 727 g/mol. The molecular weight excluding hydrogens is 693 g/mol.